The molecular formula is C14H24N2O4. The van der Waals surface area contributed by atoms with E-state index < -0.39 is 17.6 Å². The van der Waals surface area contributed by atoms with E-state index in [-0.39, 0.29) is 6.03 Å². The number of likely N-dealkylation sites (tertiary alicyclic amines) is 1. The van der Waals surface area contributed by atoms with Crippen molar-refractivity contribution in [1.82, 2.24) is 10.2 Å². The van der Waals surface area contributed by atoms with Crippen molar-refractivity contribution in [3.63, 3.8) is 0 Å². The lowest BCUT2D eigenvalue weighted by atomic mass is 9.75. The molecule has 0 aromatic rings. The molecular weight excluding hydrogens is 260 g/mol. The molecule has 2 aliphatic rings. The quantitative estimate of drug-likeness (QED) is 0.726. The Kier molecular flexibility index (Phi) is 4.52. The van der Waals surface area contributed by atoms with Gasteiger partial charge in [0.05, 0.1) is 6.10 Å². The molecule has 3 N–H and O–H groups in total. The van der Waals surface area contributed by atoms with Gasteiger partial charge in [-0.05, 0) is 38.0 Å². The molecule has 0 aromatic heterocycles. The summed E-state index contributed by atoms with van der Waals surface area (Å²) in [6.45, 7) is 2.89. The number of rotatable bonds is 3. The maximum absolute atomic E-state index is 12.2. The molecule has 2 rings (SSSR count). The molecule has 1 saturated carbocycles. The van der Waals surface area contributed by atoms with E-state index in [0.29, 0.717) is 38.3 Å². The molecule has 0 spiro atoms. The number of amides is 2. The molecule has 1 atom stereocenters. The topological polar surface area (TPSA) is 89.9 Å². The van der Waals surface area contributed by atoms with Crippen LogP contribution in [0.2, 0.25) is 0 Å². The summed E-state index contributed by atoms with van der Waals surface area (Å²) in [5.74, 6) is -0.381. The number of nitrogens with zero attached hydrogens (tertiary/aromatic N) is 1. The number of carbonyl (C=O) groups is 2. The maximum Gasteiger partial charge on any atom is 0.329 e. The molecule has 6 heteroatoms. The Bertz CT molecular complexity index is 377. The molecule has 0 aromatic carbocycles. The van der Waals surface area contributed by atoms with Crippen LogP contribution in [0.4, 0.5) is 4.79 Å². The van der Waals surface area contributed by atoms with Crippen molar-refractivity contribution in [3.8, 4) is 0 Å². The summed E-state index contributed by atoms with van der Waals surface area (Å²) in [6, 6.07) is -0.362. The Hall–Kier alpha value is -1.30. The number of carboxylic acids is 1. The van der Waals surface area contributed by atoms with Crippen LogP contribution in [0.15, 0.2) is 0 Å². The zero-order valence-electron chi connectivity index (χ0n) is 12.0. The van der Waals surface area contributed by atoms with Crippen LogP contribution < -0.4 is 5.32 Å². The number of aliphatic carboxylic acids is 1. The Morgan fingerprint density at radius 2 is 1.95 bits per heavy atom. The van der Waals surface area contributed by atoms with Gasteiger partial charge >= 0.3 is 12.0 Å². The van der Waals surface area contributed by atoms with Crippen LogP contribution in [0.1, 0.15) is 45.4 Å². The monoisotopic (exact) mass is 284 g/mol. The Labute approximate surface area is 119 Å². The summed E-state index contributed by atoms with van der Waals surface area (Å²) >= 11 is 0. The van der Waals surface area contributed by atoms with Crippen LogP contribution in [0.25, 0.3) is 0 Å². The summed E-state index contributed by atoms with van der Waals surface area (Å²) in [5.41, 5.74) is -1.13. The van der Waals surface area contributed by atoms with E-state index in [1.165, 1.54) is 4.90 Å². The largest absolute Gasteiger partial charge is 0.480 e. The third-order valence-electron chi connectivity index (χ3n) is 4.74. The molecule has 2 amide bonds. The predicted octanol–water partition coefficient (Wildman–Crippen LogP) is 1.19. The molecule has 0 bridgehead atoms. The van der Waals surface area contributed by atoms with E-state index in [0.717, 1.165) is 19.3 Å². The summed E-state index contributed by atoms with van der Waals surface area (Å²) in [5, 5.41) is 21.7. The number of carboxylic acid groups (broad SMARTS) is 1. The average Bonchev–Trinajstić information content (AvgIpc) is 2.86. The van der Waals surface area contributed by atoms with Crippen molar-refractivity contribution in [2.45, 2.75) is 57.1 Å². The smallest absolute Gasteiger partial charge is 0.329 e. The summed E-state index contributed by atoms with van der Waals surface area (Å²) in [6.07, 6.45) is 3.79. The lowest BCUT2D eigenvalue weighted by Gasteiger charge is -2.38. The Balaban J connectivity index is 1.99. The fraction of sp³-hybridized carbons (Fsp3) is 0.857. The van der Waals surface area contributed by atoms with Crippen molar-refractivity contribution in [2.24, 2.45) is 5.92 Å². The van der Waals surface area contributed by atoms with Crippen LogP contribution in [0, 0.1) is 5.92 Å². The lowest BCUT2D eigenvalue weighted by molar-refractivity contribution is -0.146. The number of hydrogen-bond donors (Lipinski definition) is 3. The highest BCUT2D eigenvalue weighted by Gasteiger charge is 2.44. The number of nitrogens with one attached hydrogen (secondary N) is 1. The highest BCUT2D eigenvalue weighted by Crippen LogP contribution is 2.34. The zero-order chi connectivity index (χ0) is 14.8. The van der Waals surface area contributed by atoms with Gasteiger partial charge in [0.25, 0.3) is 0 Å². The van der Waals surface area contributed by atoms with E-state index in [4.69, 9.17) is 0 Å². The van der Waals surface area contributed by atoms with Gasteiger partial charge in [0, 0.05) is 13.1 Å². The van der Waals surface area contributed by atoms with E-state index in [9.17, 15) is 19.8 Å². The Morgan fingerprint density at radius 1 is 1.30 bits per heavy atom. The number of carbonyl (C=O) groups excluding carboxylic acids is 1. The molecule has 0 radical (unpaired) electrons. The SMILES string of the molecule is CCC1CCC(NC(=O)N2CCC(O)C2)(C(=O)O)CC1. The van der Waals surface area contributed by atoms with Gasteiger partial charge in [-0.3, -0.25) is 0 Å². The first-order valence-electron chi connectivity index (χ1n) is 7.45. The van der Waals surface area contributed by atoms with Gasteiger partial charge in [0.2, 0.25) is 0 Å². The van der Waals surface area contributed by atoms with Crippen LogP contribution in [-0.2, 0) is 4.79 Å². The minimum absolute atomic E-state index is 0.291. The molecule has 1 heterocycles. The lowest BCUT2D eigenvalue weighted by Crippen LogP contribution is -2.59. The summed E-state index contributed by atoms with van der Waals surface area (Å²) in [4.78, 5) is 25.3. The average molecular weight is 284 g/mol. The molecule has 1 saturated heterocycles. The van der Waals surface area contributed by atoms with E-state index in [1.807, 2.05) is 0 Å². The van der Waals surface area contributed by atoms with Crippen LogP contribution in [0.3, 0.4) is 0 Å². The van der Waals surface area contributed by atoms with Gasteiger partial charge in [-0.2, -0.15) is 0 Å². The van der Waals surface area contributed by atoms with Crippen molar-refractivity contribution in [3.05, 3.63) is 0 Å². The molecule has 1 aliphatic carbocycles. The van der Waals surface area contributed by atoms with Crippen molar-refractivity contribution in [1.29, 1.82) is 0 Å². The normalized spacial score (nSPS) is 34.0. The first kappa shape index (κ1) is 15.1. The minimum Gasteiger partial charge on any atom is -0.480 e. The van der Waals surface area contributed by atoms with E-state index >= 15 is 0 Å². The van der Waals surface area contributed by atoms with Gasteiger partial charge < -0.3 is 20.4 Å². The van der Waals surface area contributed by atoms with E-state index in [2.05, 4.69) is 12.2 Å². The molecule has 2 fully saturated rings. The van der Waals surface area contributed by atoms with Gasteiger partial charge in [0.15, 0.2) is 0 Å². The highest BCUT2D eigenvalue weighted by molar-refractivity contribution is 5.86. The fourth-order valence-corrected chi connectivity index (χ4v) is 3.18. The predicted molar refractivity (Wildman–Crippen MR) is 73.3 cm³/mol. The first-order valence-corrected chi connectivity index (χ1v) is 7.45. The molecule has 20 heavy (non-hydrogen) atoms. The van der Waals surface area contributed by atoms with Gasteiger partial charge in [0.1, 0.15) is 5.54 Å². The fourth-order valence-electron chi connectivity index (χ4n) is 3.18. The standard InChI is InChI=1S/C14H24N2O4/c1-2-10-3-6-14(7-4-10,12(18)19)15-13(20)16-8-5-11(17)9-16/h10-11,17H,2-9H2,1H3,(H,15,20)(H,18,19). The second-order valence-electron chi connectivity index (χ2n) is 6.06. The minimum atomic E-state index is -1.13. The van der Waals surface area contributed by atoms with Gasteiger partial charge in [-0.25, -0.2) is 9.59 Å². The second-order valence-corrected chi connectivity index (χ2v) is 6.06. The molecule has 1 unspecified atom stereocenters. The number of urea groups is 1. The maximum atomic E-state index is 12.2. The van der Waals surface area contributed by atoms with Crippen molar-refractivity contribution in [2.75, 3.05) is 13.1 Å². The van der Waals surface area contributed by atoms with Gasteiger partial charge in [-0.1, -0.05) is 13.3 Å². The Morgan fingerprint density at radius 3 is 2.40 bits per heavy atom. The number of hydrogen-bond acceptors (Lipinski definition) is 3. The zero-order valence-corrected chi connectivity index (χ0v) is 12.0. The van der Waals surface area contributed by atoms with Crippen LogP contribution in [-0.4, -0.2) is 51.8 Å². The van der Waals surface area contributed by atoms with E-state index in [1.54, 1.807) is 0 Å². The van der Waals surface area contributed by atoms with Crippen LogP contribution in [0.5, 0.6) is 0 Å². The number of β-amino-alcohol motifs (C(OH)–C–C–N with tert-alkyl or cyclic N) is 1. The molecule has 1 aliphatic heterocycles. The summed E-state index contributed by atoms with van der Waals surface area (Å²) in [7, 11) is 0. The number of aliphatic hydroxyl groups excluding tert-OH is 1. The molecule has 114 valence electrons. The third kappa shape index (κ3) is 3.06. The van der Waals surface area contributed by atoms with Gasteiger partial charge in [-0.15, -0.1) is 0 Å². The second kappa shape index (κ2) is 5.99. The van der Waals surface area contributed by atoms with Crippen molar-refractivity contribution >= 4 is 12.0 Å². The summed E-state index contributed by atoms with van der Waals surface area (Å²) < 4.78 is 0. The van der Waals surface area contributed by atoms with Crippen LogP contribution >= 0.6 is 0 Å². The molecule has 6 nitrogen and oxygen atoms in total. The third-order valence-corrected chi connectivity index (χ3v) is 4.74. The van der Waals surface area contributed by atoms with Crippen molar-refractivity contribution < 1.29 is 19.8 Å². The highest BCUT2D eigenvalue weighted by atomic mass is 16.4. The first-order chi connectivity index (χ1) is 9.47. The number of aliphatic hydroxyl groups is 1.